The summed E-state index contributed by atoms with van der Waals surface area (Å²) in [7, 11) is 1.47. The van der Waals surface area contributed by atoms with Crippen molar-refractivity contribution in [1.82, 2.24) is 0 Å². The van der Waals surface area contributed by atoms with Crippen molar-refractivity contribution in [2.45, 2.75) is 0 Å². The Morgan fingerprint density at radius 3 is 1.67 bits per heavy atom. The molecule has 2 aromatic rings. The van der Waals surface area contributed by atoms with Crippen LogP contribution in [-0.4, -0.2) is 7.11 Å². The van der Waals surface area contributed by atoms with Gasteiger partial charge in [-0.1, -0.05) is 18.2 Å². The average Bonchev–Trinajstić information content (AvgIpc) is 2.51. The van der Waals surface area contributed by atoms with E-state index in [2.05, 4.69) is 0 Å². The van der Waals surface area contributed by atoms with E-state index < -0.39 is 34.6 Å². The van der Waals surface area contributed by atoms with Crippen molar-refractivity contribution in [3.05, 3.63) is 64.5 Å². The second-order valence-corrected chi connectivity index (χ2v) is 4.09. The predicted molar refractivity (Wildman–Crippen MR) is 68.2 cm³/mol. The lowest BCUT2D eigenvalue weighted by atomic mass is 10.1. The fourth-order valence-corrected chi connectivity index (χ4v) is 1.66. The first-order valence-electron chi connectivity index (χ1n) is 5.79. The summed E-state index contributed by atoms with van der Waals surface area (Å²) in [6.07, 6.45) is 2.07. The Kier molecular flexibility index (Phi) is 4.26. The largest absolute Gasteiger partial charge is 0.497 e. The van der Waals surface area contributed by atoms with Crippen LogP contribution in [0.3, 0.4) is 0 Å². The Morgan fingerprint density at radius 2 is 1.19 bits per heavy atom. The average molecular weight is 300 g/mol. The number of halogens is 5. The van der Waals surface area contributed by atoms with Crippen molar-refractivity contribution < 1.29 is 26.7 Å². The summed E-state index contributed by atoms with van der Waals surface area (Å²) in [5.41, 5.74) is -0.470. The van der Waals surface area contributed by atoms with Crippen LogP contribution in [0.15, 0.2) is 24.3 Å². The lowest BCUT2D eigenvalue weighted by Crippen LogP contribution is -2.03. The maximum absolute atomic E-state index is 13.4. The molecule has 0 N–H and O–H groups in total. The first-order chi connectivity index (χ1) is 9.95. The Morgan fingerprint density at radius 1 is 0.714 bits per heavy atom. The van der Waals surface area contributed by atoms with Crippen molar-refractivity contribution in [2.24, 2.45) is 0 Å². The van der Waals surface area contributed by atoms with Gasteiger partial charge in [-0.25, -0.2) is 22.0 Å². The molecule has 0 aliphatic rings. The Balaban J connectivity index is 2.41. The zero-order valence-corrected chi connectivity index (χ0v) is 10.8. The lowest BCUT2D eigenvalue weighted by Gasteiger charge is -2.04. The topological polar surface area (TPSA) is 9.23 Å². The smallest absolute Gasteiger partial charge is 0.200 e. The van der Waals surface area contributed by atoms with Gasteiger partial charge >= 0.3 is 0 Å². The SMILES string of the molecule is COc1ccc(/C=C/c2c(F)c(F)c(F)c(F)c2F)cc1. The molecule has 0 saturated heterocycles. The van der Waals surface area contributed by atoms with E-state index in [1.165, 1.54) is 13.2 Å². The van der Waals surface area contributed by atoms with Gasteiger partial charge in [0.25, 0.3) is 0 Å². The van der Waals surface area contributed by atoms with Gasteiger partial charge in [-0.2, -0.15) is 0 Å². The summed E-state index contributed by atoms with van der Waals surface area (Å²) in [5.74, 6) is -9.27. The summed E-state index contributed by atoms with van der Waals surface area (Å²) < 4.78 is 70.7. The highest BCUT2D eigenvalue weighted by Gasteiger charge is 2.24. The Labute approximate surface area is 117 Å². The minimum Gasteiger partial charge on any atom is -0.497 e. The molecule has 0 atom stereocenters. The highest BCUT2D eigenvalue weighted by atomic mass is 19.2. The van der Waals surface area contributed by atoms with Gasteiger partial charge in [-0.05, 0) is 23.8 Å². The fraction of sp³-hybridized carbons (Fsp3) is 0.0667. The van der Waals surface area contributed by atoms with E-state index in [1.54, 1.807) is 24.3 Å². The van der Waals surface area contributed by atoms with Crippen LogP contribution >= 0.6 is 0 Å². The van der Waals surface area contributed by atoms with Gasteiger partial charge in [-0.3, -0.25) is 0 Å². The molecular formula is C15H9F5O. The second-order valence-electron chi connectivity index (χ2n) is 4.09. The third kappa shape index (κ3) is 2.89. The molecule has 0 amide bonds. The minimum atomic E-state index is -2.17. The van der Waals surface area contributed by atoms with E-state index in [1.807, 2.05) is 0 Å². The Bertz CT molecular complexity index is 663. The van der Waals surface area contributed by atoms with Crippen molar-refractivity contribution in [3.8, 4) is 5.75 Å². The number of rotatable bonds is 3. The van der Waals surface area contributed by atoms with Crippen molar-refractivity contribution in [2.75, 3.05) is 7.11 Å². The molecule has 110 valence electrons. The van der Waals surface area contributed by atoms with Crippen LogP contribution in [0.2, 0.25) is 0 Å². The van der Waals surface area contributed by atoms with Gasteiger partial charge in [0.2, 0.25) is 5.82 Å². The molecule has 0 aromatic heterocycles. The molecule has 0 bridgehead atoms. The number of methoxy groups -OCH3 is 1. The molecule has 0 radical (unpaired) electrons. The van der Waals surface area contributed by atoms with E-state index in [0.717, 1.165) is 6.08 Å². The van der Waals surface area contributed by atoms with E-state index in [9.17, 15) is 22.0 Å². The standard InChI is InChI=1S/C15H9F5O/c1-21-9-5-2-8(3-6-9)4-7-10-11(16)13(18)15(20)14(19)12(10)17/h2-7H,1H3/b7-4+. The molecule has 0 spiro atoms. The van der Waals surface area contributed by atoms with E-state index in [-0.39, 0.29) is 0 Å². The molecule has 0 fully saturated rings. The highest BCUT2D eigenvalue weighted by Crippen LogP contribution is 2.24. The molecule has 2 aromatic carbocycles. The van der Waals surface area contributed by atoms with Gasteiger partial charge in [-0.15, -0.1) is 0 Å². The fourth-order valence-electron chi connectivity index (χ4n) is 1.66. The van der Waals surface area contributed by atoms with Gasteiger partial charge < -0.3 is 4.74 Å². The summed E-state index contributed by atoms with van der Waals surface area (Å²) >= 11 is 0. The molecule has 0 unspecified atom stereocenters. The van der Waals surface area contributed by atoms with Gasteiger partial charge in [0.15, 0.2) is 23.3 Å². The first-order valence-corrected chi connectivity index (χ1v) is 5.79. The van der Waals surface area contributed by atoms with Crippen LogP contribution in [0.5, 0.6) is 5.75 Å². The van der Waals surface area contributed by atoms with Crippen molar-refractivity contribution in [1.29, 1.82) is 0 Å². The maximum Gasteiger partial charge on any atom is 0.200 e. The second kappa shape index (κ2) is 5.95. The van der Waals surface area contributed by atoms with Gasteiger partial charge in [0.1, 0.15) is 5.75 Å². The summed E-state index contributed by atoms with van der Waals surface area (Å²) in [5, 5.41) is 0. The zero-order chi connectivity index (χ0) is 15.6. The molecule has 6 heteroatoms. The van der Waals surface area contributed by atoms with Crippen LogP contribution in [0.4, 0.5) is 22.0 Å². The van der Waals surface area contributed by atoms with Crippen LogP contribution in [0.25, 0.3) is 12.2 Å². The molecule has 0 saturated carbocycles. The highest BCUT2D eigenvalue weighted by molar-refractivity contribution is 5.70. The molecule has 21 heavy (non-hydrogen) atoms. The molecular weight excluding hydrogens is 291 g/mol. The van der Waals surface area contributed by atoms with Crippen LogP contribution in [0.1, 0.15) is 11.1 Å². The van der Waals surface area contributed by atoms with E-state index >= 15 is 0 Å². The van der Waals surface area contributed by atoms with Gasteiger partial charge in [0, 0.05) is 0 Å². The quantitative estimate of drug-likeness (QED) is 0.349. The third-order valence-corrected chi connectivity index (χ3v) is 2.80. The molecule has 2 rings (SSSR count). The summed E-state index contributed by atoms with van der Waals surface area (Å²) in [6.45, 7) is 0. The van der Waals surface area contributed by atoms with Gasteiger partial charge in [0.05, 0.1) is 12.7 Å². The third-order valence-electron chi connectivity index (χ3n) is 2.80. The van der Waals surface area contributed by atoms with E-state index in [0.29, 0.717) is 11.3 Å². The van der Waals surface area contributed by atoms with Crippen molar-refractivity contribution >= 4 is 12.2 Å². The van der Waals surface area contributed by atoms with E-state index in [4.69, 9.17) is 4.74 Å². The molecule has 1 nitrogen and oxygen atoms in total. The zero-order valence-electron chi connectivity index (χ0n) is 10.8. The maximum atomic E-state index is 13.4. The summed E-state index contributed by atoms with van der Waals surface area (Å²) in [4.78, 5) is 0. The number of hydrogen-bond donors (Lipinski definition) is 0. The number of hydrogen-bond acceptors (Lipinski definition) is 1. The number of ether oxygens (including phenoxy) is 1. The molecule has 0 aliphatic carbocycles. The number of benzene rings is 2. The normalized spacial score (nSPS) is 11.1. The van der Waals surface area contributed by atoms with Crippen LogP contribution < -0.4 is 4.74 Å². The van der Waals surface area contributed by atoms with Crippen LogP contribution in [0, 0.1) is 29.1 Å². The molecule has 0 heterocycles. The predicted octanol–water partition coefficient (Wildman–Crippen LogP) is 4.56. The van der Waals surface area contributed by atoms with Crippen molar-refractivity contribution in [3.63, 3.8) is 0 Å². The monoisotopic (exact) mass is 300 g/mol. The Hall–Kier alpha value is -2.37. The minimum absolute atomic E-state index is 0.514. The first kappa shape index (κ1) is 15.0. The van der Waals surface area contributed by atoms with Crippen LogP contribution in [-0.2, 0) is 0 Å². The molecule has 0 aliphatic heterocycles. The summed E-state index contributed by atoms with van der Waals surface area (Å²) in [6, 6.07) is 6.33. The lowest BCUT2D eigenvalue weighted by molar-refractivity contribution is 0.377.